The van der Waals surface area contributed by atoms with Crippen molar-refractivity contribution in [1.29, 1.82) is 0 Å². The number of nitrogens with one attached hydrogen (secondary N) is 1. The van der Waals surface area contributed by atoms with Crippen molar-refractivity contribution in [3.63, 3.8) is 0 Å². The van der Waals surface area contributed by atoms with Crippen LogP contribution in [0.4, 0.5) is 17.3 Å². The Kier molecular flexibility index (Phi) is 3.21. The molecule has 0 radical (unpaired) electrons. The highest BCUT2D eigenvalue weighted by molar-refractivity contribution is 5.95. The van der Waals surface area contributed by atoms with Crippen molar-refractivity contribution < 1.29 is 0 Å². The highest BCUT2D eigenvalue weighted by atomic mass is 15.2. The smallest absolute Gasteiger partial charge is 0.224 e. The van der Waals surface area contributed by atoms with Gasteiger partial charge in [-0.3, -0.25) is 0 Å². The zero-order valence-corrected chi connectivity index (χ0v) is 11.5. The minimum atomic E-state index is 0.702. The number of anilines is 3. The Morgan fingerprint density at radius 2 is 1.60 bits per heavy atom. The molecule has 1 aromatic heterocycles. The fourth-order valence-electron chi connectivity index (χ4n) is 2.11. The van der Waals surface area contributed by atoms with Crippen molar-refractivity contribution in [2.24, 2.45) is 0 Å². The van der Waals surface area contributed by atoms with Crippen LogP contribution >= 0.6 is 0 Å². The molecule has 4 nitrogen and oxygen atoms in total. The Morgan fingerprint density at radius 1 is 0.900 bits per heavy atom. The molecule has 0 atom stereocenters. The van der Waals surface area contributed by atoms with E-state index in [-0.39, 0.29) is 0 Å². The van der Waals surface area contributed by atoms with Gasteiger partial charge in [-0.1, -0.05) is 36.4 Å². The molecular weight excluding hydrogens is 248 g/mol. The first kappa shape index (κ1) is 12.4. The van der Waals surface area contributed by atoms with Crippen molar-refractivity contribution >= 4 is 28.1 Å². The summed E-state index contributed by atoms with van der Waals surface area (Å²) in [4.78, 5) is 10.5. The van der Waals surface area contributed by atoms with E-state index in [0.717, 1.165) is 11.4 Å². The van der Waals surface area contributed by atoms with Gasteiger partial charge in [-0.05, 0) is 11.5 Å². The van der Waals surface area contributed by atoms with E-state index in [9.17, 15) is 0 Å². The zero-order chi connectivity index (χ0) is 13.9. The first-order valence-electron chi connectivity index (χ1n) is 6.48. The molecule has 0 fully saturated rings. The van der Waals surface area contributed by atoms with E-state index in [4.69, 9.17) is 0 Å². The van der Waals surface area contributed by atoms with Crippen LogP contribution < -0.4 is 10.2 Å². The fraction of sp³-hybridized carbons (Fsp3) is 0.125. The molecule has 0 spiro atoms. The molecule has 1 heterocycles. The first-order chi connectivity index (χ1) is 9.74. The molecule has 0 saturated heterocycles. The van der Waals surface area contributed by atoms with Crippen LogP contribution in [0.3, 0.4) is 0 Å². The SMILES string of the molecule is CN(C)c1ncc(Nc2cccc3ccccc23)cn1. The lowest BCUT2D eigenvalue weighted by Crippen LogP contribution is -2.12. The summed E-state index contributed by atoms with van der Waals surface area (Å²) in [6.07, 6.45) is 3.59. The molecule has 100 valence electrons. The summed E-state index contributed by atoms with van der Waals surface area (Å²) in [5.41, 5.74) is 1.94. The van der Waals surface area contributed by atoms with Gasteiger partial charge in [0.2, 0.25) is 5.95 Å². The van der Waals surface area contributed by atoms with Crippen molar-refractivity contribution in [1.82, 2.24) is 9.97 Å². The van der Waals surface area contributed by atoms with Gasteiger partial charge in [0.1, 0.15) is 0 Å². The third kappa shape index (κ3) is 2.40. The first-order valence-corrected chi connectivity index (χ1v) is 6.48. The number of benzene rings is 2. The van der Waals surface area contributed by atoms with E-state index in [1.54, 1.807) is 12.4 Å². The maximum atomic E-state index is 4.31. The Bertz CT molecular complexity index is 715. The summed E-state index contributed by atoms with van der Waals surface area (Å²) in [6, 6.07) is 14.5. The lowest BCUT2D eigenvalue weighted by molar-refractivity contribution is 1.000. The van der Waals surface area contributed by atoms with E-state index in [1.165, 1.54) is 10.8 Å². The van der Waals surface area contributed by atoms with Crippen LogP contribution in [0, 0.1) is 0 Å². The van der Waals surface area contributed by atoms with Crippen LogP contribution in [-0.2, 0) is 0 Å². The summed E-state index contributed by atoms with van der Waals surface area (Å²) in [5, 5.41) is 5.77. The molecule has 1 N–H and O–H groups in total. The minimum Gasteiger partial charge on any atom is -0.352 e. The predicted octanol–water partition coefficient (Wildman–Crippen LogP) is 3.44. The van der Waals surface area contributed by atoms with Gasteiger partial charge in [-0.25, -0.2) is 9.97 Å². The van der Waals surface area contributed by atoms with Gasteiger partial charge in [0.15, 0.2) is 0 Å². The third-order valence-corrected chi connectivity index (χ3v) is 3.11. The zero-order valence-electron chi connectivity index (χ0n) is 11.5. The minimum absolute atomic E-state index is 0.702. The van der Waals surface area contributed by atoms with Crippen LogP contribution in [0.2, 0.25) is 0 Å². The van der Waals surface area contributed by atoms with Crippen LogP contribution in [0.15, 0.2) is 54.9 Å². The Morgan fingerprint density at radius 3 is 2.35 bits per heavy atom. The monoisotopic (exact) mass is 264 g/mol. The molecule has 0 unspecified atom stereocenters. The maximum Gasteiger partial charge on any atom is 0.224 e. The molecule has 0 aliphatic rings. The highest BCUT2D eigenvalue weighted by Crippen LogP contribution is 2.25. The molecular formula is C16H16N4. The summed E-state index contributed by atoms with van der Waals surface area (Å²) in [5.74, 6) is 0.702. The van der Waals surface area contributed by atoms with Gasteiger partial charge in [0.05, 0.1) is 18.1 Å². The molecule has 3 aromatic rings. The number of rotatable bonds is 3. The van der Waals surface area contributed by atoms with E-state index in [1.807, 2.05) is 37.2 Å². The highest BCUT2D eigenvalue weighted by Gasteiger charge is 2.02. The largest absolute Gasteiger partial charge is 0.352 e. The van der Waals surface area contributed by atoms with E-state index < -0.39 is 0 Å². The van der Waals surface area contributed by atoms with Crippen molar-refractivity contribution in [3.8, 4) is 0 Å². The molecule has 0 bridgehead atoms. The second-order valence-electron chi connectivity index (χ2n) is 4.82. The standard InChI is InChI=1S/C16H16N4/c1-20(2)16-17-10-13(11-18-16)19-15-9-5-7-12-6-3-4-8-14(12)15/h3-11,19H,1-2H3. The van der Waals surface area contributed by atoms with Crippen molar-refractivity contribution in [2.45, 2.75) is 0 Å². The molecule has 0 saturated carbocycles. The van der Waals surface area contributed by atoms with Crippen LogP contribution in [-0.4, -0.2) is 24.1 Å². The third-order valence-electron chi connectivity index (χ3n) is 3.11. The number of hydrogen-bond donors (Lipinski definition) is 1. The molecule has 2 aromatic carbocycles. The van der Waals surface area contributed by atoms with Gasteiger partial charge in [-0.15, -0.1) is 0 Å². The summed E-state index contributed by atoms with van der Waals surface area (Å²) < 4.78 is 0. The predicted molar refractivity (Wildman–Crippen MR) is 83.6 cm³/mol. The fourth-order valence-corrected chi connectivity index (χ4v) is 2.11. The second kappa shape index (κ2) is 5.17. The summed E-state index contributed by atoms with van der Waals surface area (Å²) >= 11 is 0. The van der Waals surface area contributed by atoms with Crippen LogP contribution in [0.5, 0.6) is 0 Å². The lowest BCUT2D eigenvalue weighted by atomic mass is 10.1. The van der Waals surface area contributed by atoms with Gasteiger partial charge < -0.3 is 10.2 Å². The molecule has 4 heteroatoms. The van der Waals surface area contributed by atoms with E-state index in [2.05, 4.69) is 39.6 Å². The van der Waals surface area contributed by atoms with E-state index in [0.29, 0.717) is 5.95 Å². The Balaban J connectivity index is 1.93. The molecule has 0 aliphatic carbocycles. The molecule has 3 rings (SSSR count). The van der Waals surface area contributed by atoms with Gasteiger partial charge >= 0.3 is 0 Å². The summed E-state index contributed by atoms with van der Waals surface area (Å²) in [6.45, 7) is 0. The number of aromatic nitrogens is 2. The van der Waals surface area contributed by atoms with Gasteiger partial charge in [0, 0.05) is 25.2 Å². The van der Waals surface area contributed by atoms with E-state index >= 15 is 0 Å². The van der Waals surface area contributed by atoms with Gasteiger partial charge in [0.25, 0.3) is 0 Å². The van der Waals surface area contributed by atoms with Gasteiger partial charge in [-0.2, -0.15) is 0 Å². The number of fused-ring (bicyclic) bond motifs is 1. The van der Waals surface area contributed by atoms with Crippen molar-refractivity contribution in [2.75, 3.05) is 24.3 Å². The van der Waals surface area contributed by atoms with Crippen LogP contribution in [0.25, 0.3) is 10.8 Å². The topological polar surface area (TPSA) is 41.1 Å². The lowest BCUT2D eigenvalue weighted by Gasteiger charge is -2.12. The van der Waals surface area contributed by atoms with Crippen molar-refractivity contribution in [3.05, 3.63) is 54.9 Å². The van der Waals surface area contributed by atoms with Crippen LogP contribution in [0.1, 0.15) is 0 Å². The molecule has 0 aliphatic heterocycles. The quantitative estimate of drug-likeness (QED) is 0.786. The number of nitrogens with zero attached hydrogens (tertiary/aromatic N) is 3. The normalized spacial score (nSPS) is 10.5. The second-order valence-corrected chi connectivity index (χ2v) is 4.82. The average Bonchev–Trinajstić information content (AvgIpc) is 2.48. The maximum absolute atomic E-state index is 4.31. The Hall–Kier alpha value is -2.62. The summed E-state index contributed by atoms with van der Waals surface area (Å²) in [7, 11) is 3.85. The Labute approximate surface area is 118 Å². The number of hydrogen-bond acceptors (Lipinski definition) is 4. The average molecular weight is 264 g/mol. The molecule has 0 amide bonds. The molecule has 20 heavy (non-hydrogen) atoms.